The molecule has 1 fully saturated rings. The third-order valence-corrected chi connectivity index (χ3v) is 19.6. The number of carboxylic acids is 1. The number of cyclic esters (lactones) is 1. The minimum Gasteiger partial charge on any atom is -0.550 e. The van der Waals surface area contributed by atoms with Gasteiger partial charge in [-0.15, -0.1) is 0 Å². The van der Waals surface area contributed by atoms with Gasteiger partial charge in [0.15, 0.2) is 0 Å². The smallest absolute Gasteiger partial charge is 0.550 e. The maximum Gasteiger partial charge on any atom is 1.00 e. The molecule has 0 unspecified atom stereocenters. The maximum absolute atomic E-state index is 12.4. The van der Waals surface area contributed by atoms with E-state index in [4.69, 9.17) is 18.9 Å². The van der Waals surface area contributed by atoms with Crippen molar-refractivity contribution in [1.29, 1.82) is 0 Å². The van der Waals surface area contributed by atoms with Gasteiger partial charge in [-0.25, -0.2) is 0 Å². The Morgan fingerprint density at radius 2 is 1.00 bits per heavy atom. The van der Waals surface area contributed by atoms with Crippen LogP contribution in [0.3, 0.4) is 0 Å². The number of fused-ring (bicyclic) bond motifs is 3. The van der Waals surface area contributed by atoms with Crippen molar-refractivity contribution in [2.45, 2.75) is 259 Å². The van der Waals surface area contributed by atoms with Gasteiger partial charge in [-0.2, -0.15) is 0 Å². The van der Waals surface area contributed by atoms with Gasteiger partial charge in [0.25, 0.3) is 0 Å². The summed E-state index contributed by atoms with van der Waals surface area (Å²) in [6.07, 6.45) is 26.0. The summed E-state index contributed by atoms with van der Waals surface area (Å²) in [5.74, 6) is -0.371. The third-order valence-electron chi connectivity index (χ3n) is 19.6. The van der Waals surface area contributed by atoms with Crippen LogP contribution in [0.2, 0.25) is 0 Å². The Morgan fingerprint density at radius 3 is 1.43 bits per heavy atom. The zero-order valence-corrected chi connectivity index (χ0v) is 55.8. The molecule has 7 rings (SSSR count). The largest absolute Gasteiger partial charge is 1.00 e. The number of aliphatic hydroxyl groups is 6. The molecule has 1 aliphatic heterocycles. The van der Waals surface area contributed by atoms with E-state index in [-0.39, 0.29) is 132 Å². The first-order chi connectivity index (χ1) is 40.4. The number of ether oxygens (including phenoxy) is 4. The number of hydrogen-bond acceptors (Lipinski definition) is 16. The van der Waals surface area contributed by atoms with Gasteiger partial charge >= 0.3 is 53.4 Å². The average Bonchev–Trinajstić information content (AvgIpc) is 1.06. The molecule has 0 aromatic heterocycles. The first-order valence-corrected chi connectivity index (χ1v) is 32.6. The van der Waals surface area contributed by atoms with Crippen LogP contribution >= 0.6 is 0 Å². The number of carbonyl (C=O) groups is 5. The van der Waals surface area contributed by atoms with Crippen LogP contribution in [0.15, 0.2) is 71.4 Å². The Hall–Kier alpha value is -3.45. The van der Waals surface area contributed by atoms with E-state index in [0.717, 1.165) is 63.4 Å². The summed E-state index contributed by atoms with van der Waals surface area (Å²) in [6.45, 7) is 20.1. The molecular weight excluding hydrogens is 1110 g/mol. The molecule has 0 spiro atoms. The van der Waals surface area contributed by atoms with Crippen LogP contribution in [0, 0.1) is 71.0 Å². The maximum atomic E-state index is 12.4. The Kier molecular flexibility index (Phi) is 32.3. The van der Waals surface area contributed by atoms with Crippen LogP contribution in [0.25, 0.3) is 0 Å². The van der Waals surface area contributed by atoms with Crippen LogP contribution in [0.5, 0.6) is 0 Å². The number of carbonyl (C=O) groups excluding carboxylic acids is 5. The van der Waals surface area contributed by atoms with Crippen molar-refractivity contribution in [2.75, 3.05) is 0 Å². The van der Waals surface area contributed by atoms with Gasteiger partial charge in [-0.05, 0) is 155 Å². The third kappa shape index (κ3) is 22.5. The Morgan fingerprint density at radius 1 is 0.581 bits per heavy atom. The molecule has 22 atom stereocenters. The number of rotatable bonds is 25. The van der Waals surface area contributed by atoms with Crippen molar-refractivity contribution in [3.05, 3.63) is 71.4 Å². The first kappa shape index (κ1) is 75.0. The van der Waals surface area contributed by atoms with Gasteiger partial charge in [0.05, 0.1) is 60.8 Å². The Bertz CT molecular complexity index is 2340. The normalized spacial score (nSPS) is 32.3. The summed E-state index contributed by atoms with van der Waals surface area (Å²) in [5.41, 5.74) is 3.51. The van der Waals surface area contributed by atoms with E-state index in [1.54, 1.807) is 0 Å². The fourth-order valence-electron chi connectivity index (χ4n) is 13.7. The summed E-state index contributed by atoms with van der Waals surface area (Å²) in [7, 11) is 0. The molecule has 1 saturated heterocycles. The zero-order valence-electron chi connectivity index (χ0n) is 53.8. The molecule has 17 heteroatoms. The molecule has 0 aromatic rings. The number of aliphatic hydroxyl groups excluding tert-OH is 6. The summed E-state index contributed by atoms with van der Waals surface area (Å²) < 4.78 is 23.2. The van der Waals surface area contributed by atoms with E-state index in [1.165, 1.54) is 11.1 Å². The summed E-state index contributed by atoms with van der Waals surface area (Å²) >= 11 is 0. The average molecular weight is 1220 g/mol. The summed E-state index contributed by atoms with van der Waals surface area (Å²) in [6, 6.07) is 0. The van der Waals surface area contributed by atoms with Crippen LogP contribution in [-0.4, -0.2) is 122 Å². The topological polar surface area (TPSA) is 267 Å². The fourth-order valence-corrected chi connectivity index (χ4v) is 13.7. The summed E-state index contributed by atoms with van der Waals surface area (Å²) in [5, 5.41) is 70.8. The molecule has 480 valence electrons. The molecule has 6 aliphatic carbocycles. The van der Waals surface area contributed by atoms with Crippen LogP contribution in [-0.2, 0) is 42.9 Å². The minimum atomic E-state index is -1.35. The predicted molar refractivity (Wildman–Crippen MR) is 323 cm³/mol. The Labute approximate surface area is 536 Å². The zero-order chi connectivity index (χ0) is 62.7. The molecule has 16 nitrogen and oxygen atoms in total. The van der Waals surface area contributed by atoms with Crippen molar-refractivity contribution in [3.8, 4) is 0 Å². The Balaban J connectivity index is 0.000000275. The van der Waals surface area contributed by atoms with Crippen LogP contribution in [0.1, 0.15) is 198 Å². The SMILES string of the molecule is CC[C@H](C)C(=O)O[C@H]1CCC=C2C=C[C@H](C)[C@H](CC[C@@H]3C[C@@H](O)CC(=O)O3)[C@H]21.CC[C@H](C)C(=O)O[C@H]1C[C@H](O)C=C2C=C[C@H](C)[C@H](CC[C@@H](O)C[C@@H](O)CC(=O)[O-])[C@H]21.CC[C@H](O)C[C@H](O)CC[C@@H]1[C@@H]2C(=CCC[C@@H]2OC(=O)[C@@H](C)CC)C=C[C@@H]1C.[Na+]. The number of aliphatic carboxylic acids is 1. The van der Waals surface area contributed by atoms with Crippen LogP contribution < -0.4 is 34.7 Å². The van der Waals surface area contributed by atoms with E-state index >= 15 is 0 Å². The first-order valence-electron chi connectivity index (χ1n) is 32.6. The molecule has 0 radical (unpaired) electrons. The van der Waals surface area contributed by atoms with Gasteiger partial charge in [0.1, 0.15) is 24.4 Å². The van der Waals surface area contributed by atoms with Gasteiger partial charge < -0.3 is 59.5 Å². The van der Waals surface area contributed by atoms with Crippen molar-refractivity contribution in [1.82, 2.24) is 0 Å². The monoisotopic (exact) mass is 1210 g/mol. The number of esters is 4. The second kappa shape index (κ2) is 37.0. The molecule has 7 aliphatic rings. The second-order valence-corrected chi connectivity index (χ2v) is 26.1. The van der Waals surface area contributed by atoms with E-state index in [1.807, 2.05) is 60.6 Å². The van der Waals surface area contributed by atoms with Crippen molar-refractivity contribution >= 4 is 29.8 Å². The predicted octanol–water partition coefficient (Wildman–Crippen LogP) is 6.46. The van der Waals surface area contributed by atoms with E-state index in [0.29, 0.717) is 75.0 Å². The van der Waals surface area contributed by atoms with Crippen molar-refractivity contribution in [3.63, 3.8) is 0 Å². The van der Waals surface area contributed by atoms with E-state index in [2.05, 4.69) is 63.3 Å². The van der Waals surface area contributed by atoms with Gasteiger partial charge in [0, 0.05) is 43.0 Å². The minimum absolute atomic E-state index is 0. The molecule has 0 aromatic carbocycles. The van der Waals surface area contributed by atoms with Gasteiger partial charge in [-0.3, -0.25) is 19.2 Å². The van der Waals surface area contributed by atoms with Crippen molar-refractivity contribution in [2.24, 2.45) is 71.0 Å². The van der Waals surface area contributed by atoms with E-state index < -0.39 is 55.1 Å². The number of hydrogen-bond donors (Lipinski definition) is 6. The number of allylic oxidation sites excluding steroid dienone is 8. The molecule has 1 heterocycles. The molecule has 86 heavy (non-hydrogen) atoms. The fraction of sp³-hybridized carbons (Fsp3) is 0.754. The number of carboxylic acid groups (broad SMARTS) is 1. The molecule has 0 amide bonds. The van der Waals surface area contributed by atoms with Gasteiger partial charge in [-0.1, -0.05) is 124 Å². The molecule has 0 saturated carbocycles. The molecule has 6 N–H and O–H groups in total. The van der Waals surface area contributed by atoms with E-state index in [9.17, 15) is 59.7 Å². The van der Waals surface area contributed by atoms with Gasteiger partial charge in [0.2, 0.25) is 0 Å². The summed E-state index contributed by atoms with van der Waals surface area (Å²) in [4.78, 5) is 59.5. The quantitative estimate of drug-likeness (QED) is 0.0325. The standard InChI is InChI=1S/C23H36O7.C23H34O5.C23H38O4.Na/c1-4-13(2)23(29)30-20-11-17(25)9-15-6-5-14(3)19(22(15)20)8-7-16(24)10-18(26)12-21(27)28;1-4-14(2)23(26)28-20-7-5-6-16-9-8-15(3)19(22(16)20)11-10-18-12-17(24)13-21(25)27-18;1-5-15(3)23(26)27-21-9-7-8-17-11-10-16(4)20(22(17)21)13-12-19(25)14-18(24)6-2;/h5-6,9,13-14,16-20,22,24-26H,4,7-8,10-12H2,1-3H3,(H,27,28);6,8-9,14-15,17-20,22,24H,4-5,7,10-13H2,1-3H3;8,10-11,15-16,18-22,24-25H,5-7,9,12-14H2,1-4H3;/q;;;+1/p-1/t13-,14-,16+,17+,18+,19-,20-,22-;14-,15-,17+,18+,19-,20-,22-;15-,16-,18-,19+,20-,21-,22-;/m000./s1. The van der Waals surface area contributed by atoms with Crippen LogP contribution in [0.4, 0.5) is 0 Å². The second-order valence-electron chi connectivity index (χ2n) is 26.1. The molecule has 0 bridgehead atoms. The molecular formula is C69H107NaO16. The van der Waals surface area contributed by atoms with Crippen molar-refractivity contribution < 1.29 is 108 Å².